The van der Waals surface area contributed by atoms with Crippen LogP contribution in [0.25, 0.3) is 11.1 Å². The molecule has 1 aliphatic carbocycles. The quantitative estimate of drug-likeness (QED) is 0.576. The van der Waals surface area contributed by atoms with Crippen molar-refractivity contribution < 1.29 is 14.6 Å². The first-order valence-corrected chi connectivity index (χ1v) is 11.1. The molecule has 1 amide bonds. The molecule has 1 unspecified atom stereocenters. The summed E-state index contributed by atoms with van der Waals surface area (Å²) >= 11 is 0. The van der Waals surface area contributed by atoms with Gasteiger partial charge in [0.05, 0.1) is 7.11 Å². The maximum Gasteiger partial charge on any atom is 0.404 e. The molecular formula is C25H35N3O3. The Kier molecular flexibility index (Phi) is 7.55. The van der Waals surface area contributed by atoms with E-state index in [1.807, 2.05) is 18.3 Å². The second kappa shape index (κ2) is 10.1. The fourth-order valence-electron chi connectivity index (χ4n) is 4.72. The second-order valence-electron chi connectivity index (χ2n) is 9.55. The van der Waals surface area contributed by atoms with Gasteiger partial charge in [-0.05, 0) is 60.8 Å². The molecule has 0 bridgehead atoms. The van der Waals surface area contributed by atoms with Crippen LogP contribution in [0.15, 0.2) is 42.7 Å². The van der Waals surface area contributed by atoms with Gasteiger partial charge in [0, 0.05) is 42.1 Å². The molecule has 31 heavy (non-hydrogen) atoms. The minimum atomic E-state index is -0.930. The summed E-state index contributed by atoms with van der Waals surface area (Å²) in [5.74, 6) is 1.25. The van der Waals surface area contributed by atoms with Gasteiger partial charge in [-0.2, -0.15) is 0 Å². The largest absolute Gasteiger partial charge is 0.496 e. The Bertz CT molecular complexity index is 856. The van der Waals surface area contributed by atoms with E-state index in [1.54, 1.807) is 13.3 Å². The van der Waals surface area contributed by atoms with Crippen molar-refractivity contribution in [3.8, 4) is 16.9 Å². The molecule has 0 spiro atoms. The minimum absolute atomic E-state index is 0.0257. The van der Waals surface area contributed by atoms with Gasteiger partial charge < -0.3 is 20.5 Å². The van der Waals surface area contributed by atoms with Crippen LogP contribution in [0.3, 0.4) is 0 Å². The van der Waals surface area contributed by atoms with E-state index in [0.29, 0.717) is 12.0 Å². The third kappa shape index (κ3) is 6.20. The van der Waals surface area contributed by atoms with Gasteiger partial charge in [0.25, 0.3) is 0 Å². The molecule has 168 valence electrons. The summed E-state index contributed by atoms with van der Waals surface area (Å²) in [6.45, 7) is 7.07. The number of carbonyl (C=O) groups is 1. The molecule has 1 aromatic carbocycles. The Balaban J connectivity index is 1.61. The van der Waals surface area contributed by atoms with Crippen molar-refractivity contribution in [2.24, 2.45) is 11.3 Å². The van der Waals surface area contributed by atoms with Crippen molar-refractivity contribution in [2.45, 2.75) is 65.1 Å². The number of benzene rings is 1. The van der Waals surface area contributed by atoms with Gasteiger partial charge in [0.2, 0.25) is 0 Å². The molecule has 1 aromatic heterocycles. The third-order valence-corrected chi connectivity index (χ3v) is 6.31. The fourth-order valence-corrected chi connectivity index (χ4v) is 4.72. The molecule has 6 nitrogen and oxygen atoms in total. The number of hydrogen-bond donors (Lipinski definition) is 3. The molecule has 0 radical (unpaired) electrons. The van der Waals surface area contributed by atoms with Gasteiger partial charge in [-0.15, -0.1) is 0 Å². The van der Waals surface area contributed by atoms with E-state index in [9.17, 15) is 9.90 Å². The number of rotatable bonds is 7. The number of methoxy groups -OCH3 is 1. The number of ether oxygens (including phenoxy) is 1. The molecule has 3 N–H and O–H groups in total. The highest BCUT2D eigenvalue weighted by Crippen LogP contribution is 2.35. The lowest BCUT2D eigenvalue weighted by molar-refractivity contribution is 0.129. The predicted molar refractivity (Wildman–Crippen MR) is 123 cm³/mol. The lowest BCUT2D eigenvalue weighted by atomic mass is 9.72. The lowest BCUT2D eigenvalue weighted by Gasteiger charge is -2.40. The Morgan fingerprint density at radius 2 is 1.94 bits per heavy atom. The van der Waals surface area contributed by atoms with E-state index < -0.39 is 6.09 Å². The van der Waals surface area contributed by atoms with E-state index >= 15 is 0 Å². The molecule has 1 aliphatic rings. The third-order valence-electron chi connectivity index (χ3n) is 6.31. The highest BCUT2D eigenvalue weighted by atomic mass is 16.5. The van der Waals surface area contributed by atoms with Crippen molar-refractivity contribution in [1.29, 1.82) is 0 Å². The molecule has 1 fully saturated rings. The first-order valence-electron chi connectivity index (χ1n) is 11.1. The Labute approximate surface area is 185 Å². The average Bonchev–Trinajstić information content (AvgIpc) is 2.76. The summed E-state index contributed by atoms with van der Waals surface area (Å²) in [7, 11) is 1.70. The van der Waals surface area contributed by atoms with Crippen LogP contribution >= 0.6 is 0 Å². The van der Waals surface area contributed by atoms with E-state index in [2.05, 4.69) is 54.6 Å². The normalized spacial score (nSPS) is 20.1. The van der Waals surface area contributed by atoms with E-state index in [-0.39, 0.29) is 11.5 Å². The van der Waals surface area contributed by atoms with Gasteiger partial charge in [0.15, 0.2) is 0 Å². The second-order valence-corrected chi connectivity index (χ2v) is 9.55. The maximum atomic E-state index is 11.3. The van der Waals surface area contributed by atoms with Crippen LogP contribution in [0.4, 0.5) is 4.79 Å². The summed E-state index contributed by atoms with van der Waals surface area (Å²) in [5.41, 5.74) is 3.25. The molecule has 3 rings (SSSR count). The van der Waals surface area contributed by atoms with Gasteiger partial charge in [-0.1, -0.05) is 32.9 Å². The summed E-state index contributed by atoms with van der Waals surface area (Å²) in [6.07, 6.45) is 6.85. The minimum Gasteiger partial charge on any atom is -0.496 e. The summed E-state index contributed by atoms with van der Waals surface area (Å²) in [6, 6.07) is 10.6. The number of amides is 1. The topological polar surface area (TPSA) is 83.5 Å². The smallest absolute Gasteiger partial charge is 0.404 e. The lowest BCUT2D eigenvalue weighted by Crippen LogP contribution is -2.50. The van der Waals surface area contributed by atoms with Crippen LogP contribution in [0.1, 0.15) is 52.0 Å². The number of carboxylic acid groups (broad SMARTS) is 1. The molecule has 2 aromatic rings. The van der Waals surface area contributed by atoms with Crippen LogP contribution in [0, 0.1) is 11.3 Å². The van der Waals surface area contributed by atoms with Crippen LogP contribution in [0.5, 0.6) is 5.75 Å². The van der Waals surface area contributed by atoms with Crippen LogP contribution in [0.2, 0.25) is 0 Å². The first-order chi connectivity index (χ1) is 14.8. The molecular weight excluding hydrogens is 390 g/mol. The summed E-state index contributed by atoms with van der Waals surface area (Å²) < 4.78 is 5.58. The number of nitrogens with one attached hydrogen (secondary N) is 2. The van der Waals surface area contributed by atoms with Crippen molar-refractivity contribution >= 4 is 6.09 Å². The summed E-state index contributed by atoms with van der Waals surface area (Å²) in [5, 5.41) is 15.7. The highest BCUT2D eigenvalue weighted by Gasteiger charge is 2.35. The Hall–Kier alpha value is -2.60. The van der Waals surface area contributed by atoms with Gasteiger partial charge in [-0.25, -0.2) is 4.79 Å². The van der Waals surface area contributed by atoms with Crippen molar-refractivity contribution in [1.82, 2.24) is 15.6 Å². The molecule has 1 atom stereocenters. The van der Waals surface area contributed by atoms with Gasteiger partial charge >= 0.3 is 6.09 Å². The van der Waals surface area contributed by atoms with E-state index in [0.717, 1.165) is 54.7 Å². The van der Waals surface area contributed by atoms with Crippen LogP contribution in [-0.4, -0.2) is 35.4 Å². The van der Waals surface area contributed by atoms with Gasteiger partial charge in [-0.3, -0.25) is 4.98 Å². The summed E-state index contributed by atoms with van der Waals surface area (Å²) in [4.78, 5) is 15.5. The van der Waals surface area contributed by atoms with Crippen LogP contribution < -0.4 is 15.4 Å². The monoisotopic (exact) mass is 425 g/mol. The Morgan fingerprint density at radius 3 is 2.52 bits per heavy atom. The predicted octanol–water partition coefficient (Wildman–Crippen LogP) is 5.09. The number of aromatic nitrogens is 1. The van der Waals surface area contributed by atoms with Crippen molar-refractivity contribution in [3.63, 3.8) is 0 Å². The zero-order valence-electron chi connectivity index (χ0n) is 19.0. The average molecular weight is 426 g/mol. The van der Waals surface area contributed by atoms with Crippen LogP contribution in [-0.2, 0) is 6.54 Å². The fraction of sp³-hybridized carbons (Fsp3) is 0.520. The zero-order valence-corrected chi connectivity index (χ0v) is 19.0. The standard InChI is InChI=1S/C25H35N3O3/c1-25(2,3)23(28-24(29)30)17-7-10-21(11-8-17)27-16-20-14-18(9-12-22(20)31-4)19-6-5-13-26-15-19/h5-6,9,12-15,17,21,23,27-28H,7-8,10-11,16H2,1-4H3,(H,29,30). The highest BCUT2D eigenvalue weighted by molar-refractivity contribution is 5.65. The molecule has 6 heteroatoms. The number of pyridine rings is 1. The van der Waals surface area contributed by atoms with E-state index in [1.165, 1.54) is 0 Å². The molecule has 0 aliphatic heterocycles. The maximum absolute atomic E-state index is 11.3. The molecule has 0 saturated heterocycles. The van der Waals surface area contributed by atoms with E-state index in [4.69, 9.17) is 4.74 Å². The SMILES string of the molecule is COc1ccc(-c2cccnc2)cc1CNC1CCC(C(NC(=O)O)C(C)(C)C)CC1. The first kappa shape index (κ1) is 23.1. The molecule has 1 saturated carbocycles. The van der Waals surface area contributed by atoms with Crippen molar-refractivity contribution in [2.75, 3.05) is 7.11 Å². The number of nitrogens with zero attached hydrogens (tertiary/aromatic N) is 1. The molecule has 1 heterocycles. The zero-order chi connectivity index (χ0) is 22.4. The number of hydrogen-bond acceptors (Lipinski definition) is 4. The Morgan fingerprint density at radius 1 is 1.19 bits per heavy atom. The van der Waals surface area contributed by atoms with Gasteiger partial charge in [0.1, 0.15) is 5.75 Å². The van der Waals surface area contributed by atoms with Crippen molar-refractivity contribution in [3.05, 3.63) is 48.3 Å².